The number of fused-ring (bicyclic) bond motifs is 1. The Hall–Kier alpha value is -1.91. The van der Waals surface area contributed by atoms with Crippen molar-refractivity contribution in [2.45, 2.75) is 45.1 Å². The van der Waals surface area contributed by atoms with Crippen molar-refractivity contribution in [3.63, 3.8) is 0 Å². The molecule has 4 N–H and O–H groups in total. The molecule has 0 radical (unpaired) electrons. The number of benzene rings is 1. The van der Waals surface area contributed by atoms with Crippen LogP contribution in [0.5, 0.6) is 0 Å². The molecule has 0 bridgehead atoms. The predicted octanol–water partition coefficient (Wildman–Crippen LogP) is 3.08. The van der Waals surface area contributed by atoms with Gasteiger partial charge >= 0.3 is 0 Å². The zero-order valence-electron chi connectivity index (χ0n) is 15.3. The van der Waals surface area contributed by atoms with Gasteiger partial charge in [0.25, 0.3) is 5.91 Å². The highest BCUT2D eigenvalue weighted by Gasteiger charge is 2.45. The third-order valence-electron chi connectivity index (χ3n) is 6.35. The van der Waals surface area contributed by atoms with Crippen LogP contribution in [0.15, 0.2) is 12.1 Å². The average Bonchev–Trinajstić information content (AvgIpc) is 3.22. The maximum absolute atomic E-state index is 13.0. The number of anilines is 3. The van der Waals surface area contributed by atoms with Crippen molar-refractivity contribution in [2.24, 2.45) is 17.8 Å². The highest BCUT2D eigenvalue weighted by atomic mass is 16.1. The fourth-order valence-electron chi connectivity index (χ4n) is 4.53. The van der Waals surface area contributed by atoms with E-state index in [1.807, 2.05) is 13.1 Å². The molecule has 2 atom stereocenters. The van der Waals surface area contributed by atoms with Crippen molar-refractivity contribution in [3.05, 3.63) is 17.7 Å². The average molecular weight is 342 g/mol. The van der Waals surface area contributed by atoms with Crippen LogP contribution in [-0.2, 0) is 0 Å². The Labute approximate surface area is 150 Å². The number of rotatable bonds is 4. The van der Waals surface area contributed by atoms with Crippen molar-refractivity contribution in [1.82, 2.24) is 5.32 Å². The number of nitrogens with one attached hydrogen (secondary N) is 2. The first-order valence-corrected chi connectivity index (χ1v) is 9.72. The molecule has 1 aromatic carbocycles. The number of nitrogens with two attached hydrogens (primary N) is 1. The van der Waals surface area contributed by atoms with Crippen molar-refractivity contribution in [1.29, 1.82) is 0 Å². The van der Waals surface area contributed by atoms with Crippen LogP contribution in [0.1, 0.15) is 49.4 Å². The number of hydrogen-bond acceptors (Lipinski definition) is 4. The molecule has 5 nitrogen and oxygen atoms in total. The molecular formula is C20H30N4O. The minimum absolute atomic E-state index is 0.0319. The van der Waals surface area contributed by atoms with E-state index in [2.05, 4.69) is 28.5 Å². The fraction of sp³-hybridized carbons (Fsp3) is 0.650. The Kier molecular flexibility index (Phi) is 4.26. The summed E-state index contributed by atoms with van der Waals surface area (Å²) >= 11 is 0. The van der Waals surface area contributed by atoms with Crippen LogP contribution < -0.4 is 21.3 Å². The van der Waals surface area contributed by atoms with Gasteiger partial charge in [-0.15, -0.1) is 0 Å². The summed E-state index contributed by atoms with van der Waals surface area (Å²) in [5.74, 6) is 2.47. The molecule has 2 aliphatic carbocycles. The molecule has 0 aromatic heterocycles. The SMILES string of the molecule is CNc1cc(N2CC3CC3C2)c(C(=O)N[C@H]2CC[C@H](C)CC2)cc1N. The summed E-state index contributed by atoms with van der Waals surface area (Å²) in [6.07, 6.45) is 5.93. The second-order valence-corrected chi connectivity index (χ2v) is 8.30. The lowest BCUT2D eigenvalue weighted by Gasteiger charge is -2.29. The van der Waals surface area contributed by atoms with Gasteiger partial charge in [-0.05, 0) is 62.0 Å². The molecular weight excluding hydrogens is 312 g/mol. The minimum Gasteiger partial charge on any atom is -0.397 e. The van der Waals surface area contributed by atoms with Crippen molar-refractivity contribution >= 4 is 23.0 Å². The Bertz CT molecular complexity index is 656. The summed E-state index contributed by atoms with van der Waals surface area (Å²) in [4.78, 5) is 15.4. The Morgan fingerprint density at radius 3 is 2.48 bits per heavy atom. The molecule has 2 unspecified atom stereocenters. The van der Waals surface area contributed by atoms with Crippen molar-refractivity contribution in [2.75, 3.05) is 36.1 Å². The van der Waals surface area contributed by atoms with Crippen LogP contribution in [0.2, 0.25) is 0 Å². The van der Waals surface area contributed by atoms with E-state index in [0.29, 0.717) is 11.7 Å². The van der Waals surface area contributed by atoms with Gasteiger partial charge in [-0.1, -0.05) is 6.92 Å². The molecule has 1 aromatic rings. The molecule has 2 saturated carbocycles. The zero-order valence-corrected chi connectivity index (χ0v) is 15.3. The minimum atomic E-state index is 0.0319. The highest BCUT2D eigenvalue weighted by Crippen LogP contribution is 2.47. The molecule has 5 heteroatoms. The normalized spacial score (nSPS) is 30.7. The van der Waals surface area contributed by atoms with Gasteiger partial charge in [-0.3, -0.25) is 4.79 Å². The highest BCUT2D eigenvalue weighted by molar-refractivity contribution is 6.02. The molecule has 1 aliphatic heterocycles. The summed E-state index contributed by atoms with van der Waals surface area (Å²) in [5, 5.41) is 6.42. The number of carbonyl (C=O) groups is 1. The quantitative estimate of drug-likeness (QED) is 0.736. The number of nitrogens with zero attached hydrogens (tertiary/aromatic N) is 1. The van der Waals surface area contributed by atoms with Crippen LogP contribution in [0.4, 0.5) is 17.1 Å². The van der Waals surface area contributed by atoms with Gasteiger partial charge in [-0.2, -0.15) is 0 Å². The maximum atomic E-state index is 13.0. The van der Waals surface area contributed by atoms with Gasteiger partial charge in [0.2, 0.25) is 0 Å². The number of nitrogen functional groups attached to an aromatic ring is 1. The largest absolute Gasteiger partial charge is 0.397 e. The second kappa shape index (κ2) is 6.43. The van der Waals surface area contributed by atoms with Crippen LogP contribution in [-0.4, -0.2) is 32.1 Å². The van der Waals surface area contributed by atoms with E-state index >= 15 is 0 Å². The summed E-state index contributed by atoms with van der Waals surface area (Å²) in [6.45, 7) is 4.43. The van der Waals surface area contributed by atoms with E-state index in [1.165, 1.54) is 19.3 Å². The van der Waals surface area contributed by atoms with E-state index in [-0.39, 0.29) is 5.91 Å². The smallest absolute Gasteiger partial charge is 0.253 e. The maximum Gasteiger partial charge on any atom is 0.253 e. The number of piperidine rings is 1. The lowest BCUT2D eigenvalue weighted by Crippen LogP contribution is -2.38. The predicted molar refractivity (Wildman–Crippen MR) is 103 cm³/mol. The van der Waals surface area contributed by atoms with E-state index in [1.54, 1.807) is 0 Å². The summed E-state index contributed by atoms with van der Waals surface area (Å²) in [6, 6.07) is 4.21. The third-order valence-corrected chi connectivity index (χ3v) is 6.35. The van der Waals surface area contributed by atoms with Gasteiger partial charge in [0.15, 0.2) is 0 Å². The number of hydrogen-bond donors (Lipinski definition) is 3. The van der Waals surface area contributed by atoms with E-state index in [4.69, 9.17) is 5.73 Å². The van der Waals surface area contributed by atoms with Crippen LogP contribution in [0.3, 0.4) is 0 Å². The van der Waals surface area contributed by atoms with Gasteiger partial charge in [0.1, 0.15) is 0 Å². The van der Waals surface area contributed by atoms with Crippen LogP contribution >= 0.6 is 0 Å². The first-order valence-electron chi connectivity index (χ1n) is 9.72. The lowest BCUT2D eigenvalue weighted by atomic mass is 9.87. The molecule has 1 saturated heterocycles. The van der Waals surface area contributed by atoms with Crippen molar-refractivity contribution < 1.29 is 4.79 Å². The molecule has 1 heterocycles. The van der Waals surface area contributed by atoms with Gasteiger partial charge < -0.3 is 21.3 Å². The van der Waals surface area contributed by atoms with Gasteiger partial charge in [0, 0.05) is 26.2 Å². The molecule has 3 fully saturated rings. The zero-order chi connectivity index (χ0) is 17.6. The Morgan fingerprint density at radius 2 is 1.84 bits per heavy atom. The molecule has 3 aliphatic rings. The third kappa shape index (κ3) is 3.29. The number of amides is 1. The van der Waals surface area contributed by atoms with Crippen LogP contribution in [0, 0.1) is 17.8 Å². The Balaban J connectivity index is 1.56. The molecule has 136 valence electrons. The van der Waals surface area contributed by atoms with E-state index < -0.39 is 0 Å². The molecule has 0 spiro atoms. The summed E-state index contributed by atoms with van der Waals surface area (Å²) < 4.78 is 0. The molecule has 1 amide bonds. The Morgan fingerprint density at radius 1 is 1.16 bits per heavy atom. The number of carbonyl (C=O) groups excluding carboxylic acids is 1. The molecule has 4 rings (SSSR count). The summed E-state index contributed by atoms with van der Waals surface area (Å²) in [7, 11) is 1.87. The summed E-state index contributed by atoms with van der Waals surface area (Å²) in [5.41, 5.74) is 9.47. The molecule has 25 heavy (non-hydrogen) atoms. The van der Waals surface area contributed by atoms with E-state index in [0.717, 1.165) is 60.6 Å². The van der Waals surface area contributed by atoms with E-state index in [9.17, 15) is 4.79 Å². The monoisotopic (exact) mass is 342 g/mol. The van der Waals surface area contributed by atoms with Crippen molar-refractivity contribution in [3.8, 4) is 0 Å². The first-order chi connectivity index (χ1) is 12.0. The van der Waals surface area contributed by atoms with Gasteiger partial charge in [0.05, 0.1) is 22.6 Å². The fourth-order valence-corrected chi connectivity index (χ4v) is 4.53. The standard InChI is InChI=1S/C20H30N4O/c1-12-3-5-15(6-4-12)23-20(25)16-8-17(21)18(22-2)9-19(16)24-10-13-7-14(13)11-24/h8-9,12-15,22H,3-7,10-11,21H2,1-2H3,(H,23,25)/t12-,13?,14?,15-. The lowest BCUT2D eigenvalue weighted by molar-refractivity contribution is 0.0923. The second-order valence-electron chi connectivity index (χ2n) is 8.30. The topological polar surface area (TPSA) is 70.4 Å². The first kappa shape index (κ1) is 16.6. The van der Waals surface area contributed by atoms with Gasteiger partial charge in [-0.25, -0.2) is 0 Å². The van der Waals surface area contributed by atoms with Crippen LogP contribution in [0.25, 0.3) is 0 Å².